The zero-order chi connectivity index (χ0) is 9.68. The van der Waals surface area contributed by atoms with Gasteiger partial charge in [-0.05, 0) is 30.6 Å². The van der Waals surface area contributed by atoms with E-state index in [1.165, 1.54) is 0 Å². The highest BCUT2D eigenvalue weighted by molar-refractivity contribution is 7.80. The molecule has 0 fully saturated rings. The van der Waals surface area contributed by atoms with E-state index >= 15 is 0 Å². The summed E-state index contributed by atoms with van der Waals surface area (Å²) in [6.07, 6.45) is 0. The van der Waals surface area contributed by atoms with Gasteiger partial charge in [0.05, 0.1) is 5.71 Å². The van der Waals surface area contributed by atoms with Crippen molar-refractivity contribution in [3.05, 3.63) is 22.4 Å². The van der Waals surface area contributed by atoms with Crippen molar-refractivity contribution in [2.75, 3.05) is 0 Å². The third-order valence-electron chi connectivity index (χ3n) is 1.33. The van der Waals surface area contributed by atoms with Crippen LogP contribution in [0, 0.1) is 0 Å². The van der Waals surface area contributed by atoms with Crippen LogP contribution in [0.2, 0.25) is 0 Å². The van der Waals surface area contributed by atoms with Gasteiger partial charge in [-0.1, -0.05) is 6.07 Å². The lowest BCUT2D eigenvalue weighted by Gasteiger charge is -2.01. The van der Waals surface area contributed by atoms with Crippen molar-refractivity contribution in [3.63, 3.8) is 0 Å². The number of hydrazone groups is 1. The monoisotopic (exact) mass is 214 g/mol. The summed E-state index contributed by atoms with van der Waals surface area (Å²) in [5, 5.41) is 6.33. The summed E-state index contributed by atoms with van der Waals surface area (Å²) in [6.45, 7) is 1.90. The largest absolute Gasteiger partial charge is 0.300 e. The predicted molar refractivity (Wildman–Crippen MR) is 59.6 cm³/mol. The van der Waals surface area contributed by atoms with Gasteiger partial charge in [0.15, 0.2) is 0 Å². The first-order valence-electron chi connectivity index (χ1n) is 3.59. The molecule has 4 N–H and O–H groups in total. The highest BCUT2D eigenvalue weighted by Crippen LogP contribution is 2.08. The molecule has 0 aromatic carbocycles. The van der Waals surface area contributed by atoms with E-state index in [1.807, 2.05) is 24.4 Å². The molecule has 6 heteroatoms. The summed E-state index contributed by atoms with van der Waals surface area (Å²) >= 11 is 6.38. The molecule has 0 aliphatic carbocycles. The summed E-state index contributed by atoms with van der Waals surface area (Å²) in [7, 11) is 0. The van der Waals surface area contributed by atoms with Gasteiger partial charge < -0.3 is 0 Å². The molecule has 1 rings (SSSR count). The first-order chi connectivity index (χ1) is 6.24. The van der Waals surface area contributed by atoms with Gasteiger partial charge in [-0.25, -0.2) is 5.84 Å². The number of nitrogens with zero attached hydrogens (tertiary/aromatic N) is 1. The SMILES string of the molecule is C/C(=N\NC(=S)NN)c1cccs1. The minimum atomic E-state index is 0.302. The predicted octanol–water partition coefficient (Wildman–Crippen LogP) is 0.810. The topological polar surface area (TPSA) is 62.4 Å². The van der Waals surface area contributed by atoms with E-state index in [-0.39, 0.29) is 0 Å². The van der Waals surface area contributed by atoms with E-state index in [0.29, 0.717) is 5.11 Å². The molecule has 13 heavy (non-hydrogen) atoms. The summed E-state index contributed by atoms with van der Waals surface area (Å²) in [5.41, 5.74) is 5.77. The Balaban J connectivity index is 2.57. The van der Waals surface area contributed by atoms with Crippen molar-refractivity contribution in [2.24, 2.45) is 10.9 Å². The van der Waals surface area contributed by atoms with Crippen molar-refractivity contribution in [1.82, 2.24) is 10.9 Å². The maximum atomic E-state index is 5.06. The molecule has 0 saturated heterocycles. The lowest BCUT2D eigenvalue weighted by Crippen LogP contribution is -2.37. The molecule has 1 heterocycles. The van der Waals surface area contributed by atoms with Crippen molar-refractivity contribution in [1.29, 1.82) is 0 Å². The second kappa shape index (κ2) is 4.90. The molecule has 0 amide bonds. The average Bonchev–Trinajstić information content (AvgIpc) is 2.66. The number of hydrogen-bond acceptors (Lipinski definition) is 4. The zero-order valence-corrected chi connectivity index (χ0v) is 8.71. The summed E-state index contributed by atoms with van der Waals surface area (Å²) < 4.78 is 0. The summed E-state index contributed by atoms with van der Waals surface area (Å²) in [6, 6.07) is 3.96. The molecule has 0 bridgehead atoms. The first kappa shape index (κ1) is 10.1. The van der Waals surface area contributed by atoms with Crippen LogP contribution in [-0.4, -0.2) is 10.8 Å². The zero-order valence-electron chi connectivity index (χ0n) is 7.07. The van der Waals surface area contributed by atoms with Crippen LogP contribution in [-0.2, 0) is 0 Å². The minimum absolute atomic E-state index is 0.302. The van der Waals surface area contributed by atoms with Crippen molar-refractivity contribution in [3.8, 4) is 0 Å². The van der Waals surface area contributed by atoms with Gasteiger partial charge in [0.25, 0.3) is 0 Å². The number of thiocarbonyl (C=S) groups is 1. The maximum absolute atomic E-state index is 5.06. The van der Waals surface area contributed by atoms with E-state index in [4.69, 9.17) is 18.1 Å². The molecule has 1 aromatic heterocycles. The Morgan fingerprint density at radius 3 is 3.00 bits per heavy atom. The minimum Gasteiger partial charge on any atom is -0.300 e. The van der Waals surface area contributed by atoms with Crippen LogP contribution in [0.3, 0.4) is 0 Å². The highest BCUT2D eigenvalue weighted by Gasteiger charge is 1.97. The Morgan fingerprint density at radius 2 is 2.46 bits per heavy atom. The van der Waals surface area contributed by atoms with Gasteiger partial charge in [0.2, 0.25) is 5.11 Å². The molecule has 0 aliphatic rings. The molecule has 0 spiro atoms. The van der Waals surface area contributed by atoms with Crippen LogP contribution >= 0.6 is 23.6 Å². The lowest BCUT2D eigenvalue weighted by molar-refractivity contribution is 0.926. The number of hydrazine groups is 1. The normalized spacial score (nSPS) is 11.1. The van der Waals surface area contributed by atoms with E-state index in [0.717, 1.165) is 10.6 Å². The molecule has 0 radical (unpaired) electrons. The fourth-order valence-electron chi connectivity index (χ4n) is 0.706. The second-order valence-electron chi connectivity index (χ2n) is 2.26. The average molecular weight is 214 g/mol. The van der Waals surface area contributed by atoms with E-state index in [2.05, 4.69) is 16.0 Å². The van der Waals surface area contributed by atoms with Crippen LogP contribution in [0.1, 0.15) is 11.8 Å². The Bertz CT molecular complexity index is 304. The maximum Gasteiger partial charge on any atom is 0.201 e. The smallest absolute Gasteiger partial charge is 0.201 e. The fourth-order valence-corrected chi connectivity index (χ4v) is 1.43. The molecule has 0 saturated carbocycles. The van der Waals surface area contributed by atoms with Gasteiger partial charge in [-0.15, -0.1) is 11.3 Å². The van der Waals surface area contributed by atoms with Gasteiger partial charge >= 0.3 is 0 Å². The van der Waals surface area contributed by atoms with E-state index in [9.17, 15) is 0 Å². The highest BCUT2D eigenvalue weighted by atomic mass is 32.1. The Kier molecular flexibility index (Phi) is 3.81. The third-order valence-corrected chi connectivity index (χ3v) is 2.52. The van der Waals surface area contributed by atoms with E-state index in [1.54, 1.807) is 11.3 Å². The third kappa shape index (κ3) is 3.10. The molecular weight excluding hydrogens is 204 g/mol. The fraction of sp³-hybridized carbons (Fsp3) is 0.143. The molecule has 0 atom stereocenters. The van der Waals surface area contributed by atoms with Crippen LogP contribution < -0.4 is 16.7 Å². The van der Waals surface area contributed by atoms with Crippen LogP contribution in [0.4, 0.5) is 0 Å². The Labute approximate surface area is 85.8 Å². The van der Waals surface area contributed by atoms with Crippen molar-refractivity contribution in [2.45, 2.75) is 6.92 Å². The Morgan fingerprint density at radius 1 is 1.69 bits per heavy atom. The number of thiophene rings is 1. The number of rotatable bonds is 2. The van der Waals surface area contributed by atoms with Crippen LogP contribution in [0.25, 0.3) is 0 Å². The molecule has 0 aliphatic heterocycles. The number of hydrogen-bond donors (Lipinski definition) is 3. The van der Waals surface area contributed by atoms with Crippen LogP contribution in [0.15, 0.2) is 22.6 Å². The van der Waals surface area contributed by atoms with Crippen LogP contribution in [0.5, 0.6) is 0 Å². The summed E-state index contributed by atoms with van der Waals surface area (Å²) in [5.74, 6) is 5.06. The van der Waals surface area contributed by atoms with Crippen molar-refractivity contribution >= 4 is 34.4 Å². The van der Waals surface area contributed by atoms with Gasteiger partial charge in [0.1, 0.15) is 0 Å². The Hall–Kier alpha value is -0.980. The standard InChI is InChI=1S/C7H10N4S2/c1-5(6-3-2-4-13-6)10-11-7(12)9-8/h2-4H,8H2,1H3,(H2,9,11,12)/b10-5+. The van der Waals surface area contributed by atoms with Gasteiger partial charge in [-0.3, -0.25) is 10.9 Å². The lowest BCUT2D eigenvalue weighted by atomic mass is 10.3. The molecule has 70 valence electrons. The molecular formula is C7H10N4S2. The van der Waals surface area contributed by atoms with E-state index < -0.39 is 0 Å². The number of nitrogens with two attached hydrogens (primary N) is 1. The van der Waals surface area contributed by atoms with Crippen molar-refractivity contribution < 1.29 is 0 Å². The number of nitrogens with one attached hydrogen (secondary N) is 2. The first-order valence-corrected chi connectivity index (χ1v) is 4.87. The van der Waals surface area contributed by atoms with Gasteiger partial charge in [0, 0.05) is 4.88 Å². The molecule has 4 nitrogen and oxygen atoms in total. The quantitative estimate of drug-likeness (QED) is 0.295. The summed E-state index contributed by atoms with van der Waals surface area (Å²) in [4.78, 5) is 1.10. The second-order valence-corrected chi connectivity index (χ2v) is 3.62. The molecule has 1 aromatic rings. The molecule has 0 unspecified atom stereocenters. The van der Waals surface area contributed by atoms with Gasteiger partial charge in [-0.2, -0.15) is 5.10 Å².